The molecule has 0 spiro atoms. The van der Waals surface area contributed by atoms with Crippen molar-refractivity contribution in [3.05, 3.63) is 0 Å². The van der Waals surface area contributed by atoms with Crippen molar-refractivity contribution in [3.8, 4) is 0 Å². The van der Waals surface area contributed by atoms with Crippen molar-refractivity contribution in [2.45, 2.75) is 66.1 Å². The third kappa shape index (κ3) is 5.06. The summed E-state index contributed by atoms with van der Waals surface area (Å²) in [7, 11) is 0. The number of hydrogen-bond donors (Lipinski definition) is 1. The summed E-state index contributed by atoms with van der Waals surface area (Å²) >= 11 is 0. The second-order valence-electron chi connectivity index (χ2n) is 6.54. The van der Waals surface area contributed by atoms with E-state index >= 15 is 0 Å². The first-order valence-corrected chi connectivity index (χ1v) is 8.11. The molecule has 118 valence electrons. The van der Waals surface area contributed by atoms with Crippen LogP contribution in [0.2, 0.25) is 0 Å². The highest BCUT2D eigenvalue weighted by Crippen LogP contribution is 2.21. The monoisotopic (exact) mass is 284 g/mol. The molecular formula is C16H32N2O2. The lowest BCUT2D eigenvalue weighted by molar-refractivity contribution is -0.131. The standard InChI is InChI=1S/C16H32N2O2/c1-6-9-20-10-7-8-18-15(13(4)5)17-14(16(18)19)11-12(2)3/h12-15,17H,6-11H2,1-5H3. The number of carbonyl (C=O) groups excluding carboxylic acids is 1. The van der Waals surface area contributed by atoms with E-state index in [1.807, 2.05) is 4.90 Å². The zero-order valence-electron chi connectivity index (χ0n) is 13.8. The fourth-order valence-corrected chi connectivity index (χ4v) is 2.73. The molecule has 1 heterocycles. The van der Waals surface area contributed by atoms with Crippen LogP contribution < -0.4 is 5.32 Å². The highest BCUT2D eigenvalue weighted by Gasteiger charge is 2.39. The number of amides is 1. The molecule has 1 rings (SSSR count). The van der Waals surface area contributed by atoms with Gasteiger partial charge in [0.2, 0.25) is 5.91 Å². The normalized spacial score (nSPS) is 23.4. The number of carbonyl (C=O) groups is 1. The van der Waals surface area contributed by atoms with Crippen LogP contribution in [0.5, 0.6) is 0 Å². The van der Waals surface area contributed by atoms with Crippen molar-refractivity contribution in [2.75, 3.05) is 19.8 Å². The fourth-order valence-electron chi connectivity index (χ4n) is 2.73. The molecular weight excluding hydrogens is 252 g/mol. The van der Waals surface area contributed by atoms with Crippen molar-refractivity contribution in [3.63, 3.8) is 0 Å². The Morgan fingerprint density at radius 3 is 2.50 bits per heavy atom. The van der Waals surface area contributed by atoms with Gasteiger partial charge in [-0.2, -0.15) is 0 Å². The summed E-state index contributed by atoms with van der Waals surface area (Å²) in [5.74, 6) is 1.25. The van der Waals surface area contributed by atoms with Gasteiger partial charge in [-0.05, 0) is 31.1 Å². The number of ether oxygens (including phenoxy) is 1. The first-order valence-electron chi connectivity index (χ1n) is 8.11. The average Bonchev–Trinajstić information content (AvgIpc) is 2.67. The third-order valence-corrected chi connectivity index (χ3v) is 3.66. The summed E-state index contributed by atoms with van der Waals surface area (Å²) in [6.07, 6.45) is 3.07. The molecule has 20 heavy (non-hydrogen) atoms. The molecule has 1 saturated heterocycles. The molecule has 0 saturated carbocycles. The van der Waals surface area contributed by atoms with Gasteiger partial charge < -0.3 is 9.64 Å². The van der Waals surface area contributed by atoms with E-state index in [0.717, 1.165) is 39.0 Å². The minimum Gasteiger partial charge on any atom is -0.381 e. The van der Waals surface area contributed by atoms with Gasteiger partial charge in [0, 0.05) is 19.8 Å². The predicted octanol–water partition coefficient (Wildman–Crippen LogP) is 2.63. The maximum absolute atomic E-state index is 12.5. The van der Waals surface area contributed by atoms with Crippen LogP contribution in [0, 0.1) is 11.8 Å². The molecule has 4 heteroatoms. The Balaban J connectivity index is 2.49. The van der Waals surface area contributed by atoms with Crippen LogP contribution in [0.4, 0.5) is 0 Å². The largest absolute Gasteiger partial charge is 0.381 e. The number of hydrogen-bond acceptors (Lipinski definition) is 3. The minimum atomic E-state index is -0.000963. The van der Waals surface area contributed by atoms with E-state index in [1.165, 1.54) is 0 Å². The Kier molecular flexibility index (Phi) is 7.52. The Hall–Kier alpha value is -0.610. The van der Waals surface area contributed by atoms with Gasteiger partial charge in [0.25, 0.3) is 0 Å². The van der Waals surface area contributed by atoms with Crippen LogP contribution in [0.3, 0.4) is 0 Å². The first kappa shape index (κ1) is 17.4. The second-order valence-corrected chi connectivity index (χ2v) is 6.54. The zero-order chi connectivity index (χ0) is 15.1. The number of nitrogens with one attached hydrogen (secondary N) is 1. The SMILES string of the molecule is CCCOCCCN1C(=O)C(CC(C)C)NC1C(C)C. The first-order chi connectivity index (χ1) is 9.47. The predicted molar refractivity (Wildman–Crippen MR) is 82.4 cm³/mol. The van der Waals surface area contributed by atoms with Crippen molar-refractivity contribution in [1.29, 1.82) is 0 Å². The highest BCUT2D eigenvalue weighted by atomic mass is 16.5. The fraction of sp³-hybridized carbons (Fsp3) is 0.938. The molecule has 0 aromatic heterocycles. The lowest BCUT2D eigenvalue weighted by Gasteiger charge is -2.27. The zero-order valence-corrected chi connectivity index (χ0v) is 13.8. The van der Waals surface area contributed by atoms with Gasteiger partial charge in [0.05, 0.1) is 12.2 Å². The minimum absolute atomic E-state index is 0.000963. The third-order valence-electron chi connectivity index (χ3n) is 3.66. The van der Waals surface area contributed by atoms with Crippen LogP contribution in [-0.4, -0.2) is 42.8 Å². The topological polar surface area (TPSA) is 41.6 Å². The van der Waals surface area contributed by atoms with E-state index in [-0.39, 0.29) is 18.1 Å². The lowest BCUT2D eigenvalue weighted by atomic mass is 10.0. The molecule has 0 aromatic rings. The van der Waals surface area contributed by atoms with E-state index in [1.54, 1.807) is 0 Å². The van der Waals surface area contributed by atoms with Crippen LogP contribution in [-0.2, 0) is 9.53 Å². The van der Waals surface area contributed by atoms with E-state index in [0.29, 0.717) is 11.8 Å². The maximum Gasteiger partial charge on any atom is 0.241 e. The van der Waals surface area contributed by atoms with Crippen LogP contribution in [0.25, 0.3) is 0 Å². The maximum atomic E-state index is 12.5. The van der Waals surface area contributed by atoms with Gasteiger partial charge in [-0.15, -0.1) is 0 Å². The summed E-state index contributed by atoms with van der Waals surface area (Å²) in [4.78, 5) is 14.5. The smallest absolute Gasteiger partial charge is 0.241 e. The van der Waals surface area contributed by atoms with Crippen molar-refractivity contribution < 1.29 is 9.53 Å². The molecule has 0 aromatic carbocycles. The molecule has 2 atom stereocenters. The van der Waals surface area contributed by atoms with Gasteiger partial charge in [-0.25, -0.2) is 0 Å². The van der Waals surface area contributed by atoms with Crippen molar-refractivity contribution in [2.24, 2.45) is 11.8 Å². The summed E-state index contributed by atoms with van der Waals surface area (Å²) in [5, 5.41) is 3.51. The summed E-state index contributed by atoms with van der Waals surface area (Å²) in [6, 6.07) is -0.000963. The van der Waals surface area contributed by atoms with E-state index < -0.39 is 0 Å². The van der Waals surface area contributed by atoms with Crippen molar-refractivity contribution >= 4 is 5.91 Å². The molecule has 1 fully saturated rings. The summed E-state index contributed by atoms with van der Waals surface area (Å²) < 4.78 is 5.51. The summed E-state index contributed by atoms with van der Waals surface area (Å²) in [5.41, 5.74) is 0. The summed E-state index contributed by atoms with van der Waals surface area (Å²) in [6.45, 7) is 13.1. The van der Waals surface area contributed by atoms with E-state index in [2.05, 4.69) is 39.9 Å². The van der Waals surface area contributed by atoms with E-state index in [4.69, 9.17) is 4.74 Å². The van der Waals surface area contributed by atoms with Crippen LogP contribution >= 0.6 is 0 Å². The molecule has 0 aliphatic carbocycles. The van der Waals surface area contributed by atoms with Gasteiger partial charge in [-0.3, -0.25) is 10.1 Å². The van der Waals surface area contributed by atoms with Gasteiger partial charge in [0.15, 0.2) is 0 Å². The quantitative estimate of drug-likeness (QED) is 0.662. The molecule has 1 N–H and O–H groups in total. The highest BCUT2D eigenvalue weighted by molar-refractivity contribution is 5.84. The Morgan fingerprint density at radius 2 is 1.95 bits per heavy atom. The molecule has 0 radical (unpaired) electrons. The molecule has 0 bridgehead atoms. The number of nitrogens with zero attached hydrogens (tertiary/aromatic N) is 1. The van der Waals surface area contributed by atoms with Crippen molar-refractivity contribution in [1.82, 2.24) is 10.2 Å². The molecule has 1 amide bonds. The number of rotatable bonds is 9. The Labute approximate surface area is 124 Å². The molecule has 2 unspecified atom stereocenters. The lowest BCUT2D eigenvalue weighted by Crippen LogP contribution is -2.42. The van der Waals surface area contributed by atoms with E-state index in [9.17, 15) is 4.79 Å². The second kappa shape index (κ2) is 8.63. The van der Waals surface area contributed by atoms with Crippen LogP contribution in [0.15, 0.2) is 0 Å². The Bertz CT molecular complexity index is 292. The van der Waals surface area contributed by atoms with Gasteiger partial charge in [0.1, 0.15) is 0 Å². The molecule has 1 aliphatic rings. The van der Waals surface area contributed by atoms with Gasteiger partial charge in [-0.1, -0.05) is 34.6 Å². The van der Waals surface area contributed by atoms with Crippen LogP contribution in [0.1, 0.15) is 53.9 Å². The Morgan fingerprint density at radius 1 is 1.25 bits per heavy atom. The average molecular weight is 284 g/mol. The molecule has 4 nitrogen and oxygen atoms in total. The van der Waals surface area contributed by atoms with Gasteiger partial charge >= 0.3 is 0 Å². The molecule has 1 aliphatic heterocycles.